The lowest BCUT2D eigenvalue weighted by Gasteiger charge is -2.24. The van der Waals surface area contributed by atoms with Gasteiger partial charge in [0.1, 0.15) is 0 Å². The molecule has 23 heavy (non-hydrogen) atoms. The fourth-order valence-electron chi connectivity index (χ4n) is 3.07. The summed E-state index contributed by atoms with van der Waals surface area (Å²) in [6.45, 7) is 3.79. The van der Waals surface area contributed by atoms with E-state index in [1.54, 1.807) is 0 Å². The van der Waals surface area contributed by atoms with Crippen molar-refractivity contribution in [3.8, 4) is 5.69 Å². The van der Waals surface area contributed by atoms with E-state index >= 15 is 0 Å². The number of anilines is 1. The van der Waals surface area contributed by atoms with E-state index in [1.165, 1.54) is 22.5 Å². The van der Waals surface area contributed by atoms with Crippen LogP contribution in [0, 0.1) is 6.92 Å². The van der Waals surface area contributed by atoms with Crippen LogP contribution in [0.1, 0.15) is 17.4 Å². The Balaban J connectivity index is 1.62. The first-order valence-electron chi connectivity index (χ1n) is 7.99. The van der Waals surface area contributed by atoms with Gasteiger partial charge < -0.3 is 14.2 Å². The van der Waals surface area contributed by atoms with Gasteiger partial charge in [0.05, 0.1) is 6.61 Å². The Bertz CT molecular complexity index is 777. The fraction of sp³-hybridized carbons (Fsp3) is 0.200. The molecule has 1 saturated heterocycles. The summed E-state index contributed by atoms with van der Waals surface area (Å²) in [4.78, 5) is 2.32. The smallest absolute Gasteiger partial charge is 0.158 e. The number of aryl methyl sites for hydroxylation is 1. The largest absolute Gasteiger partial charge is 0.352 e. The van der Waals surface area contributed by atoms with Gasteiger partial charge in [-0.1, -0.05) is 35.9 Å². The molecule has 1 atom stereocenters. The van der Waals surface area contributed by atoms with Gasteiger partial charge in [0.25, 0.3) is 0 Å². The maximum Gasteiger partial charge on any atom is 0.158 e. The van der Waals surface area contributed by atoms with E-state index in [0.29, 0.717) is 0 Å². The predicted octanol–water partition coefficient (Wildman–Crippen LogP) is 4.32. The van der Waals surface area contributed by atoms with Crippen molar-refractivity contribution in [3.63, 3.8) is 0 Å². The van der Waals surface area contributed by atoms with Crippen LogP contribution in [0.25, 0.3) is 5.69 Å². The summed E-state index contributed by atoms with van der Waals surface area (Å²) in [6, 6.07) is 21.2. The van der Waals surface area contributed by atoms with Crippen LogP contribution in [0.2, 0.25) is 0 Å². The first kappa shape index (κ1) is 14.1. The zero-order valence-electron chi connectivity index (χ0n) is 13.2. The molecule has 4 rings (SSSR count). The van der Waals surface area contributed by atoms with Gasteiger partial charge >= 0.3 is 0 Å². The van der Waals surface area contributed by atoms with Crippen LogP contribution in [0.5, 0.6) is 0 Å². The second kappa shape index (κ2) is 5.94. The Morgan fingerprint density at radius 2 is 1.70 bits per heavy atom. The summed E-state index contributed by atoms with van der Waals surface area (Å²) in [5.74, 6) is 0. The molecule has 1 aliphatic heterocycles. The van der Waals surface area contributed by atoms with Crippen molar-refractivity contribution in [2.24, 2.45) is 0 Å². The zero-order chi connectivity index (χ0) is 15.6. The van der Waals surface area contributed by atoms with Gasteiger partial charge in [0.15, 0.2) is 6.23 Å². The molecule has 0 spiro atoms. The van der Waals surface area contributed by atoms with Gasteiger partial charge in [0.2, 0.25) is 0 Å². The average molecular weight is 304 g/mol. The Labute approximate surface area is 136 Å². The van der Waals surface area contributed by atoms with Crippen molar-refractivity contribution < 1.29 is 4.74 Å². The molecule has 3 nitrogen and oxygen atoms in total. The van der Waals surface area contributed by atoms with Crippen LogP contribution >= 0.6 is 0 Å². The predicted molar refractivity (Wildman–Crippen MR) is 93.0 cm³/mol. The molecule has 1 fully saturated rings. The minimum atomic E-state index is -0.0114. The minimum Gasteiger partial charge on any atom is -0.352 e. The molecule has 3 heteroatoms. The van der Waals surface area contributed by atoms with E-state index in [2.05, 4.69) is 83.4 Å². The third kappa shape index (κ3) is 2.76. The van der Waals surface area contributed by atoms with Crippen LogP contribution in [-0.4, -0.2) is 17.7 Å². The summed E-state index contributed by atoms with van der Waals surface area (Å²) >= 11 is 0. The van der Waals surface area contributed by atoms with Gasteiger partial charge in [-0.3, -0.25) is 0 Å². The summed E-state index contributed by atoms with van der Waals surface area (Å²) in [7, 11) is 0. The van der Waals surface area contributed by atoms with E-state index in [4.69, 9.17) is 4.74 Å². The van der Waals surface area contributed by atoms with Crippen LogP contribution in [0.3, 0.4) is 0 Å². The molecule has 1 aliphatic rings. The maximum atomic E-state index is 6.00. The van der Waals surface area contributed by atoms with Crippen LogP contribution in [0.15, 0.2) is 73.1 Å². The van der Waals surface area contributed by atoms with Crippen molar-refractivity contribution in [2.75, 3.05) is 18.1 Å². The van der Waals surface area contributed by atoms with E-state index in [9.17, 15) is 0 Å². The first-order valence-corrected chi connectivity index (χ1v) is 7.99. The summed E-state index contributed by atoms with van der Waals surface area (Å²) in [5, 5.41) is 0. The first-order chi connectivity index (χ1) is 11.3. The molecule has 0 N–H and O–H groups in total. The van der Waals surface area contributed by atoms with Crippen molar-refractivity contribution in [3.05, 3.63) is 84.2 Å². The fourth-order valence-corrected chi connectivity index (χ4v) is 3.07. The monoisotopic (exact) mass is 304 g/mol. The average Bonchev–Trinajstić information content (AvgIpc) is 3.25. The third-order valence-electron chi connectivity index (χ3n) is 4.31. The quantitative estimate of drug-likeness (QED) is 0.717. The Morgan fingerprint density at radius 1 is 0.913 bits per heavy atom. The molecule has 0 aliphatic carbocycles. The van der Waals surface area contributed by atoms with Gasteiger partial charge in [0, 0.05) is 35.9 Å². The van der Waals surface area contributed by atoms with Gasteiger partial charge in [-0.25, -0.2) is 0 Å². The van der Waals surface area contributed by atoms with E-state index in [-0.39, 0.29) is 6.23 Å². The van der Waals surface area contributed by atoms with Crippen molar-refractivity contribution in [1.29, 1.82) is 0 Å². The highest BCUT2D eigenvalue weighted by molar-refractivity contribution is 5.50. The minimum absolute atomic E-state index is 0.0114. The van der Waals surface area contributed by atoms with Gasteiger partial charge in [-0.15, -0.1) is 0 Å². The van der Waals surface area contributed by atoms with E-state index in [1.807, 2.05) is 6.07 Å². The highest BCUT2D eigenvalue weighted by Gasteiger charge is 2.27. The number of aromatic nitrogens is 1. The standard InChI is InChI=1S/C20H20N2O/c1-16-7-9-19(10-8-16)22-13-14-23-20(22)17-11-12-21(15-17)18-5-3-2-4-6-18/h2-12,15,20H,13-14H2,1H3/t20-/m0/s1. The normalized spacial score (nSPS) is 17.6. The number of hydrogen-bond donors (Lipinski definition) is 0. The van der Waals surface area contributed by atoms with Gasteiger partial charge in [-0.2, -0.15) is 0 Å². The number of benzene rings is 2. The van der Waals surface area contributed by atoms with Crippen LogP contribution in [0.4, 0.5) is 5.69 Å². The topological polar surface area (TPSA) is 17.4 Å². The van der Waals surface area contributed by atoms with E-state index < -0.39 is 0 Å². The molecule has 0 unspecified atom stereocenters. The molecular weight excluding hydrogens is 284 g/mol. The van der Waals surface area contributed by atoms with Crippen molar-refractivity contribution >= 4 is 5.69 Å². The highest BCUT2D eigenvalue weighted by atomic mass is 16.5. The third-order valence-corrected chi connectivity index (χ3v) is 4.31. The molecule has 0 amide bonds. The lowest BCUT2D eigenvalue weighted by atomic mass is 10.2. The number of ether oxygens (including phenoxy) is 1. The lowest BCUT2D eigenvalue weighted by Crippen LogP contribution is -2.22. The summed E-state index contributed by atoms with van der Waals surface area (Å²) in [5.41, 5.74) is 4.84. The number of rotatable bonds is 3. The number of para-hydroxylation sites is 1. The molecule has 0 saturated carbocycles. The molecule has 1 aromatic heterocycles. The van der Waals surface area contributed by atoms with Crippen molar-refractivity contribution in [1.82, 2.24) is 4.57 Å². The molecule has 2 aromatic carbocycles. The SMILES string of the molecule is Cc1ccc(N2CCO[C@H]2c2ccn(-c3ccccc3)c2)cc1. The van der Waals surface area contributed by atoms with Gasteiger partial charge in [-0.05, 0) is 37.3 Å². The second-order valence-corrected chi connectivity index (χ2v) is 5.94. The Morgan fingerprint density at radius 3 is 2.48 bits per heavy atom. The van der Waals surface area contributed by atoms with Crippen LogP contribution in [-0.2, 0) is 4.74 Å². The molecular formula is C20H20N2O. The molecule has 3 aromatic rings. The number of nitrogens with zero attached hydrogens (tertiary/aromatic N) is 2. The Kier molecular flexibility index (Phi) is 3.64. The summed E-state index contributed by atoms with van der Waals surface area (Å²) < 4.78 is 8.14. The lowest BCUT2D eigenvalue weighted by molar-refractivity contribution is 0.114. The number of hydrogen-bond acceptors (Lipinski definition) is 2. The molecule has 2 heterocycles. The molecule has 116 valence electrons. The van der Waals surface area contributed by atoms with Crippen molar-refractivity contribution in [2.45, 2.75) is 13.2 Å². The van der Waals surface area contributed by atoms with Crippen LogP contribution < -0.4 is 4.90 Å². The molecule has 0 bridgehead atoms. The second-order valence-electron chi connectivity index (χ2n) is 5.94. The highest BCUT2D eigenvalue weighted by Crippen LogP contribution is 2.32. The Hall–Kier alpha value is -2.52. The maximum absolute atomic E-state index is 6.00. The summed E-state index contributed by atoms with van der Waals surface area (Å²) in [6.07, 6.45) is 4.24. The van der Waals surface area contributed by atoms with E-state index in [0.717, 1.165) is 13.2 Å². The molecule has 0 radical (unpaired) electrons. The zero-order valence-corrected chi connectivity index (χ0v) is 13.2.